The fourth-order valence-corrected chi connectivity index (χ4v) is 1.85. The molecule has 5 heteroatoms. The van der Waals surface area contributed by atoms with Crippen LogP contribution in [0.5, 0.6) is 11.5 Å². The van der Waals surface area contributed by atoms with Gasteiger partial charge in [-0.05, 0) is 41.6 Å². The lowest BCUT2D eigenvalue weighted by atomic mass is 10.2. The van der Waals surface area contributed by atoms with Crippen molar-refractivity contribution in [3.8, 4) is 11.5 Å². The summed E-state index contributed by atoms with van der Waals surface area (Å²) in [5.74, 6) is 0.483. The highest BCUT2D eigenvalue weighted by atomic mass is 127. The standard InChI is InChI=1S/C11H13IO4/c1-4-16-11(13)10-8(14-2)5-7(12)6-9(10)15-3/h5-6H,4H2,1-3H3. The number of carbonyl (C=O) groups excluding carboxylic acids is 1. The molecule has 0 radical (unpaired) electrons. The summed E-state index contributed by atoms with van der Waals surface area (Å²) in [5.41, 5.74) is 0.326. The first-order chi connectivity index (χ1) is 7.63. The second kappa shape index (κ2) is 5.93. The zero-order chi connectivity index (χ0) is 12.1. The monoisotopic (exact) mass is 336 g/mol. The molecule has 88 valence electrons. The summed E-state index contributed by atoms with van der Waals surface area (Å²) in [6.45, 7) is 2.07. The van der Waals surface area contributed by atoms with E-state index in [1.165, 1.54) is 14.2 Å². The minimum absolute atomic E-state index is 0.317. The van der Waals surface area contributed by atoms with Crippen molar-refractivity contribution < 1.29 is 19.0 Å². The molecule has 0 saturated heterocycles. The number of methoxy groups -OCH3 is 2. The van der Waals surface area contributed by atoms with Crippen LogP contribution in [-0.4, -0.2) is 26.8 Å². The fourth-order valence-electron chi connectivity index (χ4n) is 1.28. The molecule has 0 saturated carbocycles. The van der Waals surface area contributed by atoms with Crippen molar-refractivity contribution in [1.29, 1.82) is 0 Å². The van der Waals surface area contributed by atoms with Crippen LogP contribution in [-0.2, 0) is 4.74 Å². The van der Waals surface area contributed by atoms with Gasteiger partial charge in [-0.3, -0.25) is 0 Å². The van der Waals surface area contributed by atoms with Gasteiger partial charge in [-0.25, -0.2) is 4.79 Å². The minimum Gasteiger partial charge on any atom is -0.496 e. The highest BCUT2D eigenvalue weighted by molar-refractivity contribution is 14.1. The number of carbonyl (C=O) groups is 1. The van der Waals surface area contributed by atoms with Gasteiger partial charge in [0.25, 0.3) is 0 Å². The van der Waals surface area contributed by atoms with E-state index in [0.29, 0.717) is 23.7 Å². The molecular weight excluding hydrogens is 323 g/mol. The van der Waals surface area contributed by atoms with Crippen molar-refractivity contribution in [2.45, 2.75) is 6.92 Å². The summed E-state index contributed by atoms with van der Waals surface area (Å²) < 4.78 is 16.2. The van der Waals surface area contributed by atoms with Crippen LogP contribution in [0.1, 0.15) is 17.3 Å². The third-order valence-electron chi connectivity index (χ3n) is 1.95. The Labute approximate surface area is 108 Å². The molecule has 16 heavy (non-hydrogen) atoms. The zero-order valence-electron chi connectivity index (χ0n) is 9.37. The second-order valence-corrected chi connectivity index (χ2v) is 4.15. The van der Waals surface area contributed by atoms with Gasteiger partial charge in [0, 0.05) is 3.57 Å². The van der Waals surface area contributed by atoms with Crippen LogP contribution >= 0.6 is 22.6 Å². The zero-order valence-corrected chi connectivity index (χ0v) is 11.5. The van der Waals surface area contributed by atoms with E-state index in [0.717, 1.165) is 3.57 Å². The Hall–Kier alpha value is -0.980. The summed E-state index contributed by atoms with van der Waals surface area (Å²) in [5, 5.41) is 0. The third-order valence-corrected chi connectivity index (χ3v) is 2.57. The van der Waals surface area contributed by atoms with Crippen LogP contribution in [0, 0.1) is 3.57 Å². The Balaban J connectivity index is 3.27. The normalized spacial score (nSPS) is 9.75. The number of hydrogen-bond acceptors (Lipinski definition) is 4. The van der Waals surface area contributed by atoms with E-state index in [4.69, 9.17) is 14.2 Å². The van der Waals surface area contributed by atoms with Gasteiger partial charge < -0.3 is 14.2 Å². The SMILES string of the molecule is CCOC(=O)c1c(OC)cc(I)cc1OC. The predicted molar refractivity (Wildman–Crippen MR) is 68.2 cm³/mol. The van der Waals surface area contributed by atoms with Crippen LogP contribution in [0.25, 0.3) is 0 Å². The molecule has 0 amide bonds. The first-order valence-electron chi connectivity index (χ1n) is 4.72. The van der Waals surface area contributed by atoms with Gasteiger partial charge in [0.1, 0.15) is 17.1 Å². The van der Waals surface area contributed by atoms with Gasteiger partial charge in [-0.2, -0.15) is 0 Å². The summed E-state index contributed by atoms with van der Waals surface area (Å²) in [4.78, 5) is 11.7. The predicted octanol–water partition coefficient (Wildman–Crippen LogP) is 2.49. The molecule has 0 aliphatic rings. The van der Waals surface area contributed by atoms with Crippen LogP contribution in [0.2, 0.25) is 0 Å². The number of esters is 1. The number of hydrogen-bond donors (Lipinski definition) is 0. The molecule has 1 rings (SSSR count). The van der Waals surface area contributed by atoms with E-state index in [9.17, 15) is 4.79 Å². The highest BCUT2D eigenvalue weighted by Gasteiger charge is 2.20. The molecule has 4 nitrogen and oxygen atoms in total. The maximum atomic E-state index is 11.7. The van der Waals surface area contributed by atoms with E-state index >= 15 is 0 Å². The number of ether oxygens (including phenoxy) is 3. The van der Waals surface area contributed by atoms with E-state index in [2.05, 4.69) is 22.6 Å². The van der Waals surface area contributed by atoms with E-state index in [1.807, 2.05) is 0 Å². The summed E-state index contributed by atoms with van der Waals surface area (Å²) in [6, 6.07) is 3.52. The Morgan fingerprint density at radius 2 is 1.75 bits per heavy atom. The number of halogens is 1. The topological polar surface area (TPSA) is 44.8 Å². The number of benzene rings is 1. The molecule has 0 aliphatic carbocycles. The average molecular weight is 336 g/mol. The Kier molecular flexibility index (Phi) is 4.85. The molecule has 0 aromatic heterocycles. The molecule has 0 aliphatic heterocycles. The molecule has 0 fully saturated rings. The molecular formula is C11H13IO4. The lowest BCUT2D eigenvalue weighted by Crippen LogP contribution is -2.09. The molecule has 0 N–H and O–H groups in total. The van der Waals surface area contributed by atoms with Gasteiger partial charge in [-0.15, -0.1) is 0 Å². The van der Waals surface area contributed by atoms with Crippen molar-refractivity contribution in [2.24, 2.45) is 0 Å². The maximum Gasteiger partial charge on any atom is 0.345 e. The van der Waals surface area contributed by atoms with Crippen LogP contribution in [0.4, 0.5) is 0 Å². The van der Waals surface area contributed by atoms with E-state index in [-0.39, 0.29) is 0 Å². The molecule has 0 heterocycles. The first kappa shape index (κ1) is 13.1. The largest absolute Gasteiger partial charge is 0.496 e. The first-order valence-corrected chi connectivity index (χ1v) is 5.80. The maximum absolute atomic E-state index is 11.7. The quantitative estimate of drug-likeness (QED) is 0.626. The van der Waals surface area contributed by atoms with Crippen molar-refractivity contribution in [3.05, 3.63) is 21.3 Å². The van der Waals surface area contributed by atoms with Crippen LogP contribution in [0.3, 0.4) is 0 Å². The molecule has 1 aromatic rings. The summed E-state index contributed by atoms with van der Waals surface area (Å²) >= 11 is 2.13. The molecule has 0 spiro atoms. The van der Waals surface area contributed by atoms with Crippen molar-refractivity contribution in [2.75, 3.05) is 20.8 Å². The summed E-state index contributed by atoms with van der Waals surface area (Å²) in [6.07, 6.45) is 0. The third kappa shape index (κ3) is 2.78. The van der Waals surface area contributed by atoms with Gasteiger partial charge in [0.15, 0.2) is 0 Å². The second-order valence-electron chi connectivity index (χ2n) is 2.91. The average Bonchev–Trinajstić information content (AvgIpc) is 2.27. The van der Waals surface area contributed by atoms with Crippen molar-refractivity contribution in [1.82, 2.24) is 0 Å². The summed E-state index contributed by atoms with van der Waals surface area (Å²) in [7, 11) is 3.02. The number of rotatable bonds is 4. The van der Waals surface area contributed by atoms with Crippen molar-refractivity contribution >= 4 is 28.6 Å². The Morgan fingerprint density at radius 3 is 2.12 bits per heavy atom. The Morgan fingerprint density at radius 1 is 1.25 bits per heavy atom. The molecule has 0 bridgehead atoms. The van der Waals surface area contributed by atoms with Crippen LogP contribution in [0.15, 0.2) is 12.1 Å². The van der Waals surface area contributed by atoms with Gasteiger partial charge >= 0.3 is 5.97 Å². The molecule has 1 aromatic carbocycles. The fraction of sp³-hybridized carbons (Fsp3) is 0.364. The lowest BCUT2D eigenvalue weighted by molar-refractivity contribution is 0.0519. The van der Waals surface area contributed by atoms with Crippen LogP contribution < -0.4 is 9.47 Å². The highest BCUT2D eigenvalue weighted by Crippen LogP contribution is 2.31. The molecule has 0 unspecified atom stereocenters. The van der Waals surface area contributed by atoms with Crippen molar-refractivity contribution in [3.63, 3.8) is 0 Å². The molecule has 0 atom stereocenters. The lowest BCUT2D eigenvalue weighted by Gasteiger charge is -2.12. The van der Waals surface area contributed by atoms with Gasteiger partial charge in [0.2, 0.25) is 0 Å². The van der Waals surface area contributed by atoms with Gasteiger partial charge in [-0.1, -0.05) is 0 Å². The van der Waals surface area contributed by atoms with E-state index < -0.39 is 5.97 Å². The minimum atomic E-state index is -0.437. The van der Waals surface area contributed by atoms with E-state index in [1.54, 1.807) is 19.1 Å². The van der Waals surface area contributed by atoms with Gasteiger partial charge in [0.05, 0.1) is 20.8 Å². The smallest absolute Gasteiger partial charge is 0.345 e. The Bertz CT molecular complexity index is 365.